The van der Waals surface area contributed by atoms with Crippen molar-refractivity contribution in [2.45, 2.75) is 36.9 Å². The smallest absolute Gasteiger partial charge is 0.406 e. The number of nitrogens with zero attached hydrogens (tertiary/aromatic N) is 5. The van der Waals surface area contributed by atoms with E-state index in [4.69, 9.17) is 5.26 Å². The molecule has 1 atom stereocenters. The molecule has 0 aliphatic rings. The minimum absolute atomic E-state index is 0.123. The Morgan fingerprint density at radius 2 is 1.97 bits per heavy atom. The van der Waals surface area contributed by atoms with E-state index in [1.165, 1.54) is 24.7 Å². The van der Waals surface area contributed by atoms with E-state index in [1.807, 2.05) is 6.07 Å². The molecule has 1 amide bonds. The number of hydrogen-bond donors (Lipinski definition) is 1. The van der Waals surface area contributed by atoms with Crippen molar-refractivity contribution in [2.24, 2.45) is 0 Å². The second-order valence-corrected chi connectivity index (χ2v) is 9.72. The Labute approximate surface area is 197 Å². The summed E-state index contributed by atoms with van der Waals surface area (Å²) in [6.07, 6.45) is -3.99. The summed E-state index contributed by atoms with van der Waals surface area (Å²) in [5, 5.41) is 15.7. The first-order valence-electron chi connectivity index (χ1n) is 9.25. The topological polar surface area (TPSA) is 140 Å². The van der Waals surface area contributed by atoms with Crippen molar-refractivity contribution in [1.82, 2.24) is 25.1 Å². The Morgan fingerprint density at radius 1 is 1.29 bits per heavy atom. The fraction of sp³-hybridized carbons (Fsp3) is 0.278. The molecule has 2 aromatic heterocycles. The highest BCUT2D eigenvalue weighted by Gasteiger charge is 2.34. The molecule has 0 fully saturated rings. The molecule has 0 saturated heterocycles. The van der Waals surface area contributed by atoms with Crippen LogP contribution in [0.25, 0.3) is 5.13 Å². The highest BCUT2D eigenvalue weighted by molar-refractivity contribution is 7.91. The van der Waals surface area contributed by atoms with Crippen molar-refractivity contribution >= 4 is 27.1 Å². The minimum Gasteiger partial charge on any atom is -0.406 e. The van der Waals surface area contributed by atoms with Crippen LogP contribution < -0.4 is 10.1 Å². The molecule has 0 unspecified atom stereocenters. The van der Waals surface area contributed by atoms with Crippen LogP contribution in [0, 0.1) is 18.3 Å². The molecule has 3 rings (SSSR count). The van der Waals surface area contributed by atoms with Gasteiger partial charge in [0.1, 0.15) is 22.5 Å². The van der Waals surface area contributed by atoms with Crippen molar-refractivity contribution in [3.8, 4) is 17.0 Å². The van der Waals surface area contributed by atoms with E-state index in [9.17, 15) is 35.2 Å². The van der Waals surface area contributed by atoms with Crippen molar-refractivity contribution in [3.05, 3.63) is 46.5 Å². The third-order valence-corrected chi connectivity index (χ3v) is 6.44. The van der Waals surface area contributed by atoms with Crippen LogP contribution >= 0.6 is 11.3 Å². The first kappa shape index (κ1) is 26.0. The highest BCUT2D eigenvalue weighted by atomic mass is 32.2. The van der Waals surface area contributed by atoms with Crippen molar-refractivity contribution in [3.63, 3.8) is 0 Å². The standard InChI is InChI=1S/C18H13F5N6O4S2/c1-8(14-27-9(2)28-29(14)17-25-7-12(6-24)34-17)26-15(30)10-3-11(33-18(21,22)23)5-13(4-10)35(31,32)16(19)20/h3-5,7-8,16H,1-2H3,(H,26,30)/t8-/m0/s1. The molecular weight excluding hydrogens is 523 g/mol. The van der Waals surface area contributed by atoms with Gasteiger partial charge >= 0.3 is 12.1 Å². The molecule has 0 saturated carbocycles. The van der Waals surface area contributed by atoms with E-state index in [1.54, 1.807) is 0 Å². The number of alkyl halides is 5. The molecule has 0 bridgehead atoms. The Bertz CT molecular complexity index is 1410. The van der Waals surface area contributed by atoms with Crippen LogP contribution in [-0.4, -0.2) is 46.2 Å². The molecule has 0 radical (unpaired) electrons. The zero-order valence-corrected chi connectivity index (χ0v) is 19.2. The van der Waals surface area contributed by atoms with E-state index in [0.717, 1.165) is 11.3 Å². The molecule has 10 nitrogen and oxygen atoms in total. The second-order valence-electron chi connectivity index (χ2n) is 6.79. The van der Waals surface area contributed by atoms with Gasteiger partial charge in [-0.25, -0.2) is 18.4 Å². The minimum atomic E-state index is -5.35. The summed E-state index contributed by atoms with van der Waals surface area (Å²) in [5.74, 6) is -5.85. The van der Waals surface area contributed by atoms with Gasteiger partial charge in [0.05, 0.1) is 17.1 Å². The number of aryl methyl sites for hydroxylation is 1. The molecule has 17 heteroatoms. The fourth-order valence-electron chi connectivity index (χ4n) is 2.77. The Balaban J connectivity index is 1.96. The van der Waals surface area contributed by atoms with Crippen LogP contribution in [0.1, 0.15) is 39.8 Å². The molecule has 35 heavy (non-hydrogen) atoms. The van der Waals surface area contributed by atoms with Crippen molar-refractivity contribution < 1.29 is 39.9 Å². The molecule has 0 spiro atoms. The van der Waals surface area contributed by atoms with Gasteiger partial charge in [-0.15, -0.1) is 18.3 Å². The van der Waals surface area contributed by atoms with Crippen LogP contribution in [0.15, 0.2) is 29.3 Å². The van der Waals surface area contributed by atoms with E-state index in [0.29, 0.717) is 12.1 Å². The third kappa shape index (κ3) is 5.89. The summed E-state index contributed by atoms with van der Waals surface area (Å²) in [5.41, 5.74) is -0.693. The predicted molar refractivity (Wildman–Crippen MR) is 109 cm³/mol. The largest absolute Gasteiger partial charge is 0.573 e. The van der Waals surface area contributed by atoms with Gasteiger partial charge in [-0.05, 0) is 32.0 Å². The van der Waals surface area contributed by atoms with Crippen molar-refractivity contribution in [2.75, 3.05) is 0 Å². The van der Waals surface area contributed by atoms with E-state index in [2.05, 4.69) is 25.1 Å². The molecule has 1 aromatic carbocycles. The first-order valence-corrected chi connectivity index (χ1v) is 11.6. The number of sulfone groups is 1. The maximum Gasteiger partial charge on any atom is 0.573 e. The number of rotatable bonds is 7. The zero-order chi connectivity index (χ0) is 26.1. The van der Waals surface area contributed by atoms with Gasteiger partial charge in [0.2, 0.25) is 15.0 Å². The third-order valence-electron chi connectivity index (χ3n) is 4.20. The second kappa shape index (κ2) is 9.54. The lowest BCUT2D eigenvalue weighted by molar-refractivity contribution is -0.274. The summed E-state index contributed by atoms with van der Waals surface area (Å²) in [6.45, 7) is 2.97. The summed E-state index contributed by atoms with van der Waals surface area (Å²) in [6, 6.07) is 2.23. The van der Waals surface area contributed by atoms with Crippen molar-refractivity contribution in [1.29, 1.82) is 5.26 Å². The molecule has 0 aliphatic heterocycles. The van der Waals surface area contributed by atoms with E-state index < -0.39 is 50.1 Å². The number of carbonyl (C=O) groups excluding carboxylic acids is 1. The van der Waals surface area contributed by atoms with Gasteiger partial charge in [-0.1, -0.05) is 11.3 Å². The quantitative estimate of drug-likeness (QED) is 0.454. The summed E-state index contributed by atoms with van der Waals surface area (Å²) in [7, 11) is -5.35. The fourth-order valence-corrected chi connectivity index (χ4v) is 4.23. The number of carbonyl (C=O) groups is 1. The number of nitriles is 1. The SMILES string of the molecule is Cc1nc([C@H](C)NC(=O)c2cc(OC(F)(F)F)cc(S(=O)(=O)C(F)F)c2)n(-c2ncc(C#N)s2)n1. The van der Waals surface area contributed by atoms with Gasteiger partial charge in [0.25, 0.3) is 5.91 Å². The molecule has 2 heterocycles. The summed E-state index contributed by atoms with van der Waals surface area (Å²) >= 11 is 0.975. The monoisotopic (exact) mass is 536 g/mol. The zero-order valence-electron chi connectivity index (χ0n) is 17.5. The Kier molecular flexibility index (Phi) is 7.08. The van der Waals surface area contributed by atoms with Crippen LogP contribution in [0.3, 0.4) is 0 Å². The molecule has 186 valence electrons. The van der Waals surface area contributed by atoms with Gasteiger partial charge in [0, 0.05) is 5.56 Å². The average Bonchev–Trinajstić information content (AvgIpc) is 3.38. The number of halogens is 5. The lowest BCUT2D eigenvalue weighted by Gasteiger charge is -2.16. The number of ether oxygens (including phenoxy) is 1. The predicted octanol–water partition coefficient (Wildman–Crippen LogP) is 3.29. The van der Waals surface area contributed by atoms with E-state index >= 15 is 0 Å². The number of amides is 1. The molecule has 0 aliphatic carbocycles. The summed E-state index contributed by atoms with van der Waals surface area (Å²) < 4.78 is 92.5. The number of aromatic nitrogens is 4. The first-order chi connectivity index (χ1) is 16.2. The molecular formula is C18H13F5N6O4S2. The number of benzene rings is 1. The molecule has 3 aromatic rings. The lowest BCUT2D eigenvalue weighted by Crippen LogP contribution is -2.29. The van der Waals surface area contributed by atoms with Gasteiger partial charge in [0.15, 0.2) is 5.82 Å². The Morgan fingerprint density at radius 3 is 2.54 bits per heavy atom. The van der Waals surface area contributed by atoms with Crippen LogP contribution in [0.2, 0.25) is 0 Å². The van der Waals surface area contributed by atoms with Crippen LogP contribution in [0.4, 0.5) is 22.0 Å². The maximum atomic E-state index is 13.0. The van der Waals surface area contributed by atoms with Gasteiger partial charge in [-0.2, -0.15) is 18.7 Å². The number of hydrogen-bond acceptors (Lipinski definition) is 9. The normalized spacial score (nSPS) is 12.9. The number of nitrogens with one attached hydrogen (secondary N) is 1. The van der Waals surface area contributed by atoms with Gasteiger partial charge < -0.3 is 10.1 Å². The lowest BCUT2D eigenvalue weighted by atomic mass is 10.2. The maximum absolute atomic E-state index is 13.0. The Hall–Kier alpha value is -3.65. The van der Waals surface area contributed by atoms with Crippen LogP contribution in [-0.2, 0) is 9.84 Å². The number of thiazole rings is 1. The highest BCUT2D eigenvalue weighted by Crippen LogP contribution is 2.29. The van der Waals surface area contributed by atoms with E-state index in [-0.39, 0.29) is 27.7 Å². The average molecular weight is 536 g/mol. The van der Waals surface area contributed by atoms with Gasteiger partial charge in [-0.3, -0.25) is 4.79 Å². The summed E-state index contributed by atoms with van der Waals surface area (Å²) in [4.78, 5) is 20.0. The van der Waals surface area contributed by atoms with Crippen LogP contribution in [0.5, 0.6) is 5.75 Å². The molecule has 1 N–H and O–H groups in total.